The maximum absolute atomic E-state index is 12.7. The van der Waals surface area contributed by atoms with Gasteiger partial charge in [0.25, 0.3) is 0 Å². The predicted octanol–water partition coefficient (Wildman–Crippen LogP) is -0.588. The molecular formula is C19H37N5O5S. The lowest BCUT2D eigenvalue weighted by Crippen LogP contribution is -2.55. The van der Waals surface area contributed by atoms with Gasteiger partial charge in [-0.25, -0.2) is 4.79 Å². The molecule has 0 aromatic carbocycles. The molecule has 0 saturated carbocycles. The Morgan fingerprint density at radius 2 is 1.73 bits per heavy atom. The molecule has 30 heavy (non-hydrogen) atoms. The van der Waals surface area contributed by atoms with Crippen LogP contribution in [0.3, 0.4) is 0 Å². The molecule has 4 atom stereocenters. The Labute approximate surface area is 182 Å². The molecule has 3 amide bonds. The first-order valence-electron chi connectivity index (χ1n) is 10.2. The van der Waals surface area contributed by atoms with Crippen molar-refractivity contribution in [1.82, 2.24) is 16.0 Å². The Hall–Kier alpha value is -1.85. The third-order valence-corrected chi connectivity index (χ3v) is 5.41. The van der Waals surface area contributed by atoms with Gasteiger partial charge >= 0.3 is 5.97 Å². The lowest BCUT2D eigenvalue weighted by Gasteiger charge is -2.25. The molecule has 8 N–H and O–H groups in total. The topological polar surface area (TPSA) is 177 Å². The van der Waals surface area contributed by atoms with Gasteiger partial charge in [-0.3, -0.25) is 14.4 Å². The van der Waals surface area contributed by atoms with E-state index in [9.17, 15) is 24.3 Å². The summed E-state index contributed by atoms with van der Waals surface area (Å²) in [6.45, 7) is 3.77. The first-order chi connectivity index (χ1) is 14.2. The molecule has 0 heterocycles. The van der Waals surface area contributed by atoms with E-state index in [-0.39, 0.29) is 18.9 Å². The molecule has 0 spiro atoms. The van der Waals surface area contributed by atoms with E-state index in [1.807, 2.05) is 13.2 Å². The average molecular weight is 448 g/mol. The molecule has 0 aliphatic carbocycles. The lowest BCUT2D eigenvalue weighted by molar-refractivity contribution is -0.142. The van der Waals surface area contributed by atoms with Gasteiger partial charge in [-0.1, -0.05) is 20.3 Å². The molecule has 0 aromatic rings. The minimum absolute atomic E-state index is 0.230. The first-order valence-corrected chi connectivity index (χ1v) is 11.6. The molecule has 0 radical (unpaired) electrons. The van der Waals surface area contributed by atoms with E-state index in [0.29, 0.717) is 32.2 Å². The molecule has 0 fully saturated rings. The zero-order valence-electron chi connectivity index (χ0n) is 18.1. The van der Waals surface area contributed by atoms with Crippen molar-refractivity contribution < 1.29 is 24.3 Å². The van der Waals surface area contributed by atoms with Crippen LogP contribution in [0.4, 0.5) is 0 Å². The summed E-state index contributed by atoms with van der Waals surface area (Å²) in [6, 6.07) is -2.67. The van der Waals surface area contributed by atoms with E-state index in [1.54, 1.807) is 18.7 Å². The SMILES string of the molecule is CCC(C)C(NC(=O)CNC(=O)C(N)CCSC)C(=O)NC(CCCCN)C(=O)O. The summed E-state index contributed by atoms with van der Waals surface area (Å²) in [6.07, 6.45) is 4.47. The highest BCUT2D eigenvalue weighted by molar-refractivity contribution is 7.98. The summed E-state index contributed by atoms with van der Waals surface area (Å²) >= 11 is 1.57. The fourth-order valence-electron chi connectivity index (χ4n) is 2.61. The number of thioether (sulfide) groups is 1. The molecule has 174 valence electrons. The van der Waals surface area contributed by atoms with Crippen molar-refractivity contribution in [2.45, 2.75) is 64.1 Å². The highest BCUT2D eigenvalue weighted by atomic mass is 32.2. The van der Waals surface area contributed by atoms with Crippen LogP contribution in [-0.2, 0) is 19.2 Å². The Morgan fingerprint density at radius 3 is 2.27 bits per heavy atom. The lowest BCUT2D eigenvalue weighted by atomic mass is 9.97. The fourth-order valence-corrected chi connectivity index (χ4v) is 3.10. The molecule has 0 saturated heterocycles. The minimum atomic E-state index is -1.14. The second-order valence-corrected chi connectivity index (χ2v) is 8.21. The average Bonchev–Trinajstić information content (AvgIpc) is 2.72. The molecule has 0 aliphatic heterocycles. The van der Waals surface area contributed by atoms with Crippen LogP contribution >= 0.6 is 11.8 Å². The summed E-state index contributed by atoms with van der Waals surface area (Å²) in [5.74, 6) is -2.19. The third-order valence-electron chi connectivity index (χ3n) is 4.77. The standard InChI is InChI=1S/C19H37N5O5S/c1-4-12(2)16(18(27)23-14(19(28)29)7-5-6-9-20)24-15(25)11-22-17(26)13(21)8-10-30-3/h12-14,16H,4-11,20-21H2,1-3H3,(H,22,26)(H,23,27)(H,24,25)(H,28,29). The van der Waals surface area contributed by atoms with Crippen molar-refractivity contribution in [3.8, 4) is 0 Å². The largest absolute Gasteiger partial charge is 0.480 e. The first kappa shape index (κ1) is 28.1. The molecule has 11 heteroatoms. The van der Waals surface area contributed by atoms with Gasteiger partial charge in [-0.2, -0.15) is 11.8 Å². The number of carbonyl (C=O) groups excluding carboxylic acids is 3. The quantitative estimate of drug-likeness (QED) is 0.170. The number of carbonyl (C=O) groups is 4. The molecular weight excluding hydrogens is 410 g/mol. The van der Waals surface area contributed by atoms with Crippen molar-refractivity contribution in [3.63, 3.8) is 0 Å². The number of hydrogen-bond donors (Lipinski definition) is 6. The van der Waals surface area contributed by atoms with Crippen molar-refractivity contribution in [1.29, 1.82) is 0 Å². The van der Waals surface area contributed by atoms with E-state index in [2.05, 4.69) is 16.0 Å². The second-order valence-electron chi connectivity index (χ2n) is 7.22. The van der Waals surface area contributed by atoms with E-state index in [4.69, 9.17) is 11.5 Å². The van der Waals surface area contributed by atoms with Crippen LogP contribution in [-0.4, -0.2) is 72.0 Å². The number of carboxylic acids is 1. The zero-order chi connectivity index (χ0) is 23.1. The summed E-state index contributed by atoms with van der Waals surface area (Å²) in [5, 5.41) is 16.9. The number of nitrogens with two attached hydrogens (primary N) is 2. The van der Waals surface area contributed by atoms with E-state index in [0.717, 1.165) is 5.75 Å². The van der Waals surface area contributed by atoms with Gasteiger partial charge in [0, 0.05) is 0 Å². The van der Waals surface area contributed by atoms with E-state index < -0.39 is 41.8 Å². The molecule has 0 rings (SSSR count). The van der Waals surface area contributed by atoms with Crippen LogP contribution in [0.5, 0.6) is 0 Å². The Bertz CT molecular complexity index is 563. The molecule has 4 unspecified atom stereocenters. The minimum Gasteiger partial charge on any atom is -0.480 e. The Morgan fingerprint density at radius 1 is 1.07 bits per heavy atom. The van der Waals surface area contributed by atoms with Crippen LogP contribution in [0.1, 0.15) is 46.0 Å². The van der Waals surface area contributed by atoms with Gasteiger partial charge in [-0.05, 0) is 50.2 Å². The number of carboxylic acid groups (broad SMARTS) is 1. The smallest absolute Gasteiger partial charge is 0.326 e. The molecule has 0 bridgehead atoms. The van der Waals surface area contributed by atoms with Gasteiger partial charge in [0.15, 0.2) is 0 Å². The van der Waals surface area contributed by atoms with E-state index in [1.165, 1.54) is 0 Å². The van der Waals surface area contributed by atoms with Gasteiger partial charge < -0.3 is 32.5 Å². The normalized spacial score (nSPS) is 14.8. The number of hydrogen-bond acceptors (Lipinski definition) is 7. The van der Waals surface area contributed by atoms with Crippen molar-refractivity contribution >= 4 is 35.5 Å². The zero-order valence-corrected chi connectivity index (χ0v) is 18.9. The maximum atomic E-state index is 12.7. The number of aliphatic carboxylic acids is 1. The van der Waals surface area contributed by atoms with Gasteiger partial charge in [0.2, 0.25) is 17.7 Å². The summed E-state index contributed by atoms with van der Waals surface area (Å²) in [5.41, 5.74) is 11.2. The summed E-state index contributed by atoms with van der Waals surface area (Å²) < 4.78 is 0. The van der Waals surface area contributed by atoms with Crippen LogP contribution < -0.4 is 27.4 Å². The van der Waals surface area contributed by atoms with Crippen LogP contribution in [0.2, 0.25) is 0 Å². The molecule has 10 nitrogen and oxygen atoms in total. The van der Waals surface area contributed by atoms with Gasteiger partial charge in [-0.15, -0.1) is 0 Å². The van der Waals surface area contributed by atoms with Gasteiger partial charge in [0.05, 0.1) is 12.6 Å². The van der Waals surface area contributed by atoms with Crippen LogP contribution in [0, 0.1) is 5.92 Å². The van der Waals surface area contributed by atoms with E-state index >= 15 is 0 Å². The number of rotatable bonds is 16. The third kappa shape index (κ3) is 11.4. The Balaban J connectivity index is 4.85. The number of amides is 3. The van der Waals surface area contributed by atoms with Gasteiger partial charge in [0.1, 0.15) is 12.1 Å². The highest BCUT2D eigenvalue weighted by Crippen LogP contribution is 2.10. The number of nitrogens with one attached hydrogen (secondary N) is 3. The van der Waals surface area contributed by atoms with Crippen molar-refractivity contribution in [3.05, 3.63) is 0 Å². The summed E-state index contributed by atoms with van der Waals surface area (Å²) in [4.78, 5) is 48.3. The number of unbranched alkanes of at least 4 members (excludes halogenated alkanes) is 1. The molecule has 0 aromatic heterocycles. The fraction of sp³-hybridized carbons (Fsp3) is 0.789. The second kappa shape index (κ2) is 15.9. The Kier molecular flexibility index (Phi) is 14.9. The molecule has 0 aliphatic rings. The van der Waals surface area contributed by atoms with Crippen molar-refractivity contribution in [2.75, 3.05) is 25.1 Å². The van der Waals surface area contributed by atoms with Crippen molar-refractivity contribution in [2.24, 2.45) is 17.4 Å². The predicted molar refractivity (Wildman–Crippen MR) is 118 cm³/mol. The summed E-state index contributed by atoms with van der Waals surface area (Å²) in [7, 11) is 0. The van der Waals surface area contributed by atoms with Crippen LogP contribution in [0.15, 0.2) is 0 Å². The van der Waals surface area contributed by atoms with Crippen LogP contribution in [0.25, 0.3) is 0 Å². The maximum Gasteiger partial charge on any atom is 0.326 e. The monoisotopic (exact) mass is 447 g/mol. The highest BCUT2D eigenvalue weighted by Gasteiger charge is 2.29.